The molecule has 0 amide bonds. The summed E-state index contributed by atoms with van der Waals surface area (Å²) in [6.45, 7) is 6.06. The maximum atomic E-state index is 10.7. The van der Waals surface area contributed by atoms with Crippen molar-refractivity contribution in [3.8, 4) is 11.5 Å². The first-order chi connectivity index (χ1) is 13.8. The van der Waals surface area contributed by atoms with Gasteiger partial charge in [0.05, 0.1) is 13.2 Å². The summed E-state index contributed by atoms with van der Waals surface area (Å²) in [5, 5.41) is 14.4. The molecule has 0 aromatic heterocycles. The maximum absolute atomic E-state index is 10.7. The van der Waals surface area contributed by atoms with Crippen LogP contribution in [0.25, 0.3) is 0 Å². The number of ether oxygens (including phenoxy) is 3. The highest BCUT2D eigenvalue weighted by molar-refractivity contribution is 5.85. The fourth-order valence-electron chi connectivity index (χ4n) is 6.19. The van der Waals surface area contributed by atoms with Crippen molar-refractivity contribution >= 4 is 24.8 Å². The molecule has 6 rings (SSSR count). The Kier molecular flexibility index (Phi) is 6.28. The molecule has 2 bridgehead atoms. The summed E-state index contributed by atoms with van der Waals surface area (Å²) in [4.78, 5) is 2.38. The molecule has 8 heteroatoms. The summed E-state index contributed by atoms with van der Waals surface area (Å²) in [5.74, 6) is 2.10. The van der Waals surface area contributed by atoms with E-state index in [-0.39, 0.29) is 36.3 Å². The normalized spacial score (nSPS) is 35.5. The van der Waals surface area contributed by atoms with E-state index in [0.29, 0.717) is 18.6 Å². The molecule has 1 aromatic rings. The SMILES string of the molecule is Cl.Cl.O[C@H]1C=C[C@H]2[C@H]3Cc4ccc(OCCN5CCOCC5)c5c4[C@@]2(CCN3)[C@H]1O5. The van der Waals surface area contributed by atoms with Gasteiger partial charge in [0.2, 0.25) is 0 Å². The number of aliphatic hydroxyl groups excluding tert-OH is 1. The van der Waals surface area contributed by atoms with Crippen LogP contribution in [0.4, 0.5) is 0 Å². The molecule has 6 nitrogen and oxygen atoms in total. The van der Waals surface area contributed by atoms with Gasteiger partial charge in [0, 0.05) is 42.6 Å². The van der Waals surface area contributed by atoms with E-state index in [1.165, 1.54) is 11.1 Å². The van der Waals surface area contributed by atoms with E-state index in [4.69, 9.17) is 14.2 Å². The van der Waals surface area contributed by atoms with Crippen molar-refractivity contribution in [3.63, 3.8) is 0 Å². The van der Waals surface area contributed by atoms with Crippen LogP contribution in [0, 0.1) is 5.92 Å². The number of benzene rings is 1. The third-order valence-electron chi connectivity index (χ3n) is 7.43. The van der Waals surface area contributed by atoms with E-state index in [9.17, 15) is 5.11 Å². The number of piperidine rings is 1. The Labute approximate surface area is 189 Å². The lowest BCUT2D eigenvalue weighted by molar-refractivity contribution is -0.0180. The summed E-state index contributed by atoms with van der Waals surface area (Å²) in [7, 11) is 0. The minimum atomic E-state index is -0.561. The van der Waals surface area contributed by atoms with Crippen molar-refractivity contribution in [2.24, 2.45) is 5.92 Å². The van der Waals surface area contributed by atoms with Crippen molar-refractivity contribution in [2.45, 2.75) is 36.5 Å². The van der Waals surface area contributed by atoms with Gasteiger partial charge in [-0.1, -0.05) is 18.2 Å². The molecular weight excluding hydrogens is 427 g/mol. The molecule has 2 saturated heterocycles. The second-order valence-corrected chi connectivity index (χ2v) is 8.72. The number of aliphatic hydroxyl groups is 1. The number of hydrogen-bond donors (Lipinski definition) is 2. The summed E-state index contributed by atoms with van der Waals surface area (Å²) in [6, 6.07) is 4.71. The van der Waals surface area contributed by atoms with Gasteiger partial charge in [-0.25, -0.2) is 0 Å². The second-order valence-electron chi connectivity index (χ2n) is 8.72. The largest absolute Gasteiger partial charge is 0.488 e. The third-order valence-corrected chi connectivity index (χ3v) is 7.43. The maximum Gasteiger partial charge on any atom is 0.165 e. The zero-order valence-corrected chi connectivity index (χ0v) is 18.6. The van der Waals surface area contributed by atoms with Crippen molar-refractivity contribution in [2.75, 3.05) is 46.0 Å². The fourth-order valence-corrected chi connectivity index (χ4v) is 6.19. The molecule has 0 radical (unpaired) electrons. The Morgan fingerprint density at radius 1 is 1.20 bits per heavy atom. The Hall–Kier alpha value is -1.02. The molecule has 5 aliphatic rings. The Morgan fingerprint density at radius 3 is 2.87 bits per heavy atom. The molecule has 0 unspecified atom stereocenters. The number of halogens is 2. The first-order valence-corrected chi connectivity index (χ1v) is 10.6. The lowest BCUT2D eigenvalue weighted by Crippen LogP contribution is -2.64. The topological polar surface area (TPSA) is 63.2 Å². The number of morpholine rings is 1. The molecule has 2 fully saturated rings. The van der Waals surface area contributed by atoms with Gasteiger partial charge >= 0.3 is 0 Å². The van der Waals surface area contributed by atoms with E-state index < -0.39 is 6.10 Å². The Morgan fingerprint density at radius 2 is 2.03 bits per heavy atom. The summed E-state index contributed by atoms with van der Waals surface area (Å²) in [5.41, 5.74) is 2.55. The molecule has 3 aliphatic heterocycles. The van der Waals surface area contributed by atoms with Crippen LogP contribution in [-0.2, 0) is 16.6 Å². The number of hydrogen-bond acceptors (Lipinski definition) is 6. The summed E-state index contributed by atoms with van der Waals surface area (Å²) in [6.07, 6.45) is 5.41. The predicted molar refractivity (Wildman–Crippen MR) is 119 cm³/mol. The molecule has 3 heterocycles. The van der Waals surface area contributed by atoms with Crippen LogP contribution in [0.3, 0.4) is 0 Å². The van der Waals surface area contributed by atoms with E-state index >= 15 is 0 Å². The molecule has 1 spiro atoms. The Balaban J connectivity index is 0.00000109. The van der Waals surface area contributed by atoms with Gasteiger partial charge in [-0.15, -0.1) is 24.8 Å². The van der Waals surface area contributed by atoms with Gasteiger partial charge in [-0.3, -0.25) is 4.90 Å². The van der Waals surface area contributed by atoms with Crippen LogP contribution in [0.1, 0.15) is 17.5 Å². The monoisotopic (exact) mass is 456 g/mol. The smallest absolute Gasteiger partial charge is 0.165 e. The second kappa shape index (κ2) is 8.49. The quantitative estimate of drug-likeness (QED) is 0.672. The predicted octanol–water partition coefficient (Wildman–Crippen LogP) is 1.70. The number of nitrogens with zero attached hydrogens (tertiary/aromatic N) is 1. The minimum Gasteiger partial charge on any atom is -0.488 e. The molecule has 166 valence electrons. The molecule has 30 heavy (non-hydrogen) atoms. The minimum absolute atomic E-state index is 0. The van der Waals surface area contributed by atoms with Gasteiger partial charge in [0.15, 0.2) is 11.5 Å². The molecule has 5 atom stereocenters. The van der Waals surface area contributed by atoms with E-state index in [2.05, 4.69) is 28.4 Å². The molecule has 2 aliphatic carbocycles. The fraction of sp³-hybridized carbons (Fsp3) is 0.636. The van der Waals surface area contributed by atoms with Crippen LogP contribution in [0.5, 0.6) is 11.5 Å². The first-order valence-electron chi connectivity index (χ1n) is 10.6. The zero-order chi connectivity index (χ0) is 18.7. The number of nitrogens with one attached hydrogen (secondary N) is 1. The van der Waals surface area contributed by atoms with Crippen LogP contribution in [0.2, 0.25) is 0 Å². The van der Waals surface area contributed by atoms with Gasteiger partial charge < -0.3 is 24.6 Å². The zero-order valence-electron chi connectivity index (χ0n) is 16.9. The molecule has 2 N–H and O–H groups in total. The third kappa shape index (κ3) is 3.15. The molecular formula is C22H30Cl2N2O4. The average molecular weight is 457 g/mol. The highest BCUT2D eigenvalue weighted by Gasteiger charge is 2.63. The van der Waals surface area contributed by atoms with E-state index in [1.807, 2.05) is 6.08 Å². The highest BCUT2D eigenvalue weighted by Crippen LogP contribution is 2.61. The highest BCUT2D eigenvalue weighted by atomic mass is 35.5. The number of rotatable bonds is 4. The van der Waals surface area contributed by atoms with Crippen molar-refractivity contribution in [1.29, 1.82) is 0 Å². The van der Waals surface area contributed by atoms with Crippen LogP contribution in [-0.4, -0.2) is 74.3 Å². The lowest BCUT2D eigenvalue weighted by atomic mass is 9.54. The van der Waals surface area contributed by atoms with Gasteiger partial charge in [0.1, 0.15) is 18.8 Å². The molecule has 0 saturated carbocycles. The van der Waals surface area contributed by atoms with Crippen LogP contribution in [0.15, 0.2) is 24.3 Å². The van der Waals surface area contributed by atoms with Gasteiger partial charge in [-0.2, -0.15) is 0 Å². The van der Waals surface area contributed by atoms with Crippen LogP contribution >= 0.6 is 24.8 Å². The van der Waals surface area contributed by atoms with Crippen molar-refractivity contribution in [3.05, 3.63) is 35.4 Å². The summed E-state index contributed by atoms with van der Waals surface area (Å²) < 4.78 is 18.1. The van der Waals surface area contributed by atoms with Crippen molar-refractivity contribution in [1.82, 2.24) is 10.2 Å². The first kappa shape index (κ1) is 22.2. The Bertz CT molecular complexity index is 817. The van der Waals surface area contributed by atoms with Gasteiger partial charge in [-0.05, 0) is 31.0 Å². The molecule has 1 aromatic carbocycles. The van der Waals surface area contributed by atoms with E-state index in [0.717, 1.165) is 63.7 Å². The lowest BCUT2D eigenvalue weighted by Gasteiger charge is -2.53. The van der Waals surface area contributed by atoms with Crippen LogP contribution < -0.4 is 14.8 Å². The van der Waals surface area contributed by atoms with Gasteiger partial charge in [0.25, 0.3) is 0 Å². The van der Waals surface area contributed by atoms with E-state index in [1.54, 1.807) is 0 Å². The van der Waals surface area contributed by atoms with Crippen molar-refractivity contribution < 1.29 is 19.3 Å². The average Bonchev–Trinajstić information content (AvgIpc) is 3.06. The summed E-state index contributed by atoms with van der Waals surface area (Å²) >= 11 is 0. The standard InChI is InChI=1S/C22H28N2O4.2ClH/c25-17-3-2-15-16-13-14-1-4-18(27-12-9-24-7-10-26-11-8-24)20-19(14)22(15,5-6-23-16)21(17)28-20;;/h1-4,15-17,21,23,25H,5-13H2;2*1H/t15-,16+,17-,21-,22-;;/m0../s1.